The summed E-state index contributed by atoms with van der Waals surface area (Å²) in [6.07, 6.45) is 1.96. The van der Waals surface area contributed by atoms with E-state index in [2.05, 4.69) is 29.0 Å². The lowest BCUT2D eigenvalue weighted by Crippen LogP contribution is -2.53. The minimum atomic E-state index is 0.125. The lowest BCUT2D eigenvalue weighted by Gasteiger charge is -2.38. The molecule has 0 aromatic heterocycles. The first-order valence-corrected chi connectivity index (χ1v) is 7.05. The number of hydrogen-bond acceptors (Lipinski definition) is 4. The van der Waals surface area contributed by atoms with Gasteiger partial charge in [0.2, 0.25) is 5.91 Å². The fourth-order valence-electron chi connectivity index (χ4n) is 2.31. The molecule has 106 valence electrons. The van der Waals surface area contributed by atoms with E-state index in [1.165, 1.54) is 0 Å². The van der Waals surface area contributed by atoms with Crippen molar-refractivity contribution in [3.05, 3.63) is 0 Å². The standard InChI is InChI=1S/C13H27N3O2/c1-3-5-14-13(18)10-15-6-8-16(9-7-15)12(4-2)11-17/h12,17H,3-11H2,1-2H3,(H,14,18). The largest absolute Gasteiger partial charge is 0.395 e. The number of carbonyl (C=O) groups is 1. The second-order valence-electron chi connectivity index (χ2n) is 4.91. The van der Waals surface area contributed by atoms with Gasteiger partial charge in [0.1, 0.15) is 0 Å². The predicted molar refractivity (Wildman–Crippen MR) is 72.5 cm³/mol. The zero-order valence-electron chi connectivity index (χ0n) is 11.7. The number of aliphatic hydroxyl groups excluding tert-OH is 1. The van der Waals surface area contributed by atoms with Crippen LogP contribution in [0.5, 0.6) is 0 Å². The molecule has 1 heterocycles. The van der Waals surface area contributed by atoms with Crippen LogP contribution in [0.25, 0.3) is 0 Å². The van der Waals surface area contributed by atoms with Crippen LogP contribution in [0.2, 0.25) is 0 Å². The monoisotopic (exact) mass is 257 g/mol. The lowest BCUT2D eigenvalue weighted by atomic mass is 10.1. The summed E-state index contributed by atoms with van der Waals surface area (Å²) in [5, 5.41) is 12.2. The molecule has 1 unspecified atom stereocenters. The summed E-state index contributed by atoms with van der Waals surface area (Å²) in [7, 11) is 0. The van der Waals surface area contributed by atoms with Gasteiger partial charge in [-0.1, -0.05) is 13.8 Å². The molecule has 5 nitrogen and oxygen atoms in total. The van der Waals surface area contributed by atoms with Gasteiger partial charge in [-0.2, -0.15) is 0 Å². The van der Waals surface area contributed by atoms with Crippen LogP contribution >= 0.6 is 0 Å². The molecule has 1 atom stereocenters. The number of piperazine rings is 1. The van der Waals surface area contributed by atoms with Crippen molar-refractivity contribution in [2.24, 2.45) is 0 Å². The third kappa shape index (κ3) is 4.92. The molecule has 0 bridgehead atoms. The highest BCUT2D eigenvalue weighted by atomic mass is 16.3. The van der Waals surface area contributed by atoms with Crippen LogP contribution in [0, 0.1) is 0 Å². The molecule has 1 aliphatic heterocycles. The Balaban J connectivity index is 2.24. The van der Waals surface area contributed by atoms with E-state index in [1.807, 2.05) is 0 Å². The van der Waals surface area contributed by atoms with Crippen molar-refractivity contribution in [1.82, 2.24) is 15.1 Å². The van der Waals surface area contributed by atoms with E-state index in [4.69, 9.17) is 0 Å². The normalized spacial score (nSPS) is 19.7. The number of amides is 1. The Morgan fingerprint density at radius 1 is 1.28 bits per heavy atom. The fourth-order valence-corrected chi connectivity index (χ4v) is 2.31. The van der Waals surface area contributed by atoms with Crippen LogP contribution in [0.4, 0.5) is 0 Å². The number of carbonyl (C=O) groups excluding carboxylic acids is 1. The number of rotatable bonds is 7. The van der Waals surface area contributed by atoms with E-state index in [9.17, 15) is 9.90 Å². The van der Waals surface area contributed by atoms with Crippen molar-refractivity contribution in [3.8, 4) is 0 Å². The Hall–Kier alpha value is -0.650. The summed E-state index contributed by atoms with van der Waals surface area (Å²) in [5.41, 5.74) is 0. The first kappa shape index (κ1) is 15.4. The summed E-state index contributed by atoms with van der Waals surface area (Å²) in [4.78, 5) is 16.1. The van der Waals surface area contributed by atoms with E-state index < -0.39 is 0 Å². The fraction of sp³-hybridized carbons (Fsp3) is 0.923. The first-order chi connectivity index (χ1) is 8.71. The van der Waals surface area contributed by atoms with E-state index in [0.717, 1.165) is 45.6 Å². The van der Waals surface area contributed by atoms with Gasteiger partial charge in [-0.05, 0) is 12.8 Å². The lowest BCUT2D eigenvalue weighted by molar-refractivity contribution is -0.122. The van der Waals surface area contributed by atoms with Gasteiger partial charge in [0.05, 0.1) is 13.2 Å². The second-order valence-corrected chi connectivity index (χ2v) is 4.91. The van der Waals surface area contributed by atoms with Gasteiger partial charge in [-0.15, -0.1) is 0 Å². The van der Waals surface area contributed by atoms with Gasteiger partial charge in [0, 0.05) is 38.8 Å². The van der Waals surface area contributed by atoms with Gasteiger partial charge < -0.3 is 10.4 Å². The van der Waals surface area contributed by atoms with Crippen LogP contribution in [0.15, 0.2) is 0 Å². The Bertz CT molecular complexity index is 236. The molecule has 0 aliphatic carbocycles. The molecule has 18 heavy (non-hydrogen) atoms. The zero-order valence-corrected chi connectivity index (χ0v) is 11.7. The highest BCUT2D eigenvalue weighted by molar-refractivity contribution is 5.77. The van der Waals surface area contributed by atoms with Crippen molar-refractivity contribution < 1.29 is 9.90 Å². The first-order valence-electron chi connectivity index (χ1n) is 7.05. The van der Waals surface area contributed by atoms with Crippen molar-refractivity contribution in [2.75, 3.05) is 45.9 Å². The zero-order chi connectivity index (χ0) is 13.4. The smallest absolute Gasteiger partial charge is 0.234 e. The number of hydrogen-bond donors (Lipinski definition) is 2. The quantitative estimate of drug-likeness (QED) is 0.669. The van der Waals surface area contributed by atoms with Gasteiger partial charge in [0.15, 0.2) is 0 Å². The Kier molecular flexibility index (Phi) is 7.23. The van der Waals surface area contributed by atoms with Gasteiger partial charge in [0.25, 0.3) is 0 Å². The van der Waals surface area contributed by atoms with Crippen LogP contribution < -0.4 is 5.32 Å². The SMILES string of the molecule is CCCNC(=O)CN1CCN(C(CC)CO)CC1. The third-order valence-electron chi connectivity index (χ3n) is 3.54. The Labute approximate surface area is 110 Å². The number of nitrogens with zero attached hydrogens (tertiary/aromatic N) is 2. The topological polar surface area (TPSA) is 55.8 Å². The molecule has 5 heteroatoms. The van der Waals surface area contributed by atoms with Gasteiger partial charge in [-0.3, -0.25) is 14.6 Å². The third-order valence-corrected chi connectivity index (χ3v) is 3.54. The molecule has 0 radical (unpaired) electrons. The average Bonchev–Trinajstić information content (AvgIpc) is 2.40. The van der Waals surface area contributed by atoms with Crippen LogP contribution in [0.3, 0.4) is 0 Å². The Morgan fingerprint density at radius 2 is 1.94 bits per heavy atom. The molecule has 0 aromatic rings. The molecular weight excluding hydrogens is 230 g/mol. The maximum absolute atomic E-state index is 11.6. The van der Waals surface area contributed by atoms with Crippen molar-refractivity contribution in [1.29, 1.82) is 0 Å². The predicted octanol–water partition coefficient (Wildman–Crippen LogP) is -0.0989. The summed E-state index contributed by atoms with van der Waals surface area (Å²) in [5.74, 6) is 0.125. The molecule has 0 saturated carbocycles. The van der Waals surface area contributed by atoms with E-state index in [0.29, 0.717) is 6.54 Å². The highest BCUT2D eigenvalue weighted by Crippen LogP contribution is 2.08. The molecule has 1 aliphatic rings. The van der Waals surface area contributed by atoms with Crippen molar-refractivity contribution in [3.63, 3.8) is 0 Å². The summed E-state index contributed by atoms with van der Waals surface area (Å²) in [6, 6.07) is 0.279. The molecule has 0 spiro atoms. The van der Waals surface area contributed by atoms with Gasteiger partial charge in [-0.25, -0.2) is 0 Å². The maximum atomic E-state index is 11.6. The average molecular weight is 257 g/mol. The minimum Gasteiger partial charge on any atom is -0.395 e. The summed E-state index contributed by atoms with van der Waals surface area (Å²) >= 11 is 0. The number of nitrogens with one attached hydrogen (secondary N) is 1. The molecule has 1 rings (SSSR count). The van der Waals surface area contributed by atoms with Crippen LogP contribution in [-0.2, 0) is 4.79 Å². The summed E-state index contributed by atoms with van der Waals surface area (Å²) in [6.45, 7) is 9.37. The van der Waals surface area contributed by atoms with Crippen LogP contribution in [-0.4, -0.2) is 72.7 Å². The van der Waals surface area contributed by atoms with Gasteiger partial charge >= 0.3 is 0 Å². The van der Waals surface area contributed by atoms with E-state index in [1.54, 1.807) is 0 Å². The van der Waals surface area contributed by atoms with Crippen LogP contribution in [0.1, 0.15) is 26.7 Å². The molecular formula is C13H27N3O2. The second kappa shape index (κ2) is 8.45. The Morgan fingerprint density at radius 3 is 2.44 bits per heavy atom. The van der Waals surface area contributed by atoms with E-state index >= 15 is 0 Å². The molecule has 1 saturated heterocycles. The molecule has 1 fully saturated rings. The van der Waals surface area contributed by atoms with Crippen molar-refractivity contribution >= 4 is 5.91 Å². The number of aliphatic hydroxyl groups is 1. The molecule has 0 aromatic carbocycles. The maximum Gasteiger partial charge on any atom is 0.234 e. The summed E-state index contributed by atoms with van der Waals surface area (Å²) < 4.78 is 0. The molecule has 1 amide bonds. The highest BCUT2D eigenvalue weighted by Gasteiger charge is 2.23. The minimum absolute atomic E-state index is 0.125. The van der Waals surface area contributed by atoms with E-state index in [-0.39, 0.29) is 18.6 Å². The molecule has 2 N–H and O–H groups in total. The van der Waals surface area contributed by atoms with Crippen molar-refractivity contribution in [2.45, 2.75) is 32.7 Å².